The van der Waals surface area contributed by atoms with Crippen molar-refractivity contribution in [3.8, 4) is 5.88 Å². The van der Waals surface area contributed by atoms with Crippen molar-refractivity contribution in [3.63, 3.8) is 0 Å². The predicted molar refractivity (Wildman–Crippen MR) is 66.3 cm³/mol. The summed E-state index contributed by atoms with van der Waals surface area (Å²) in [6, 6.07) is 12.5. The topological polar surface area (TPSA) is 26.5 Å². The monoisotopic (exact) mass is 244 g/mol. The van der Waals surface area contributed by atoms with Gasteiger partial charge in [0.2, 0.25) is 5.88 Å². The zero-order valence-electron chi connectivity index (χ0n) is 8.93. The van der Waals surface area contributed by atoms with Gasteiger partial charge in [0.05, 0.1) is 6.57 Å². The van der Waals surface area contributed by atoms with Crippen molar-refractivity contribution in [2.24, 2.45) is 0 Å². The van der Waals surface area contributed by atoms with E-state index < -0.39 is 0 Å². The van der Waals surface area contributed by atoms with Crippen LogP contribution in [0, 0.1) is 6.57 Å². The first-order chi connectivity index (χ1) is 8.28. The second kappa shape index (κ2) is 5.33. The molecule has 0 atom stereocenters. The molecule has 0 aliphatic rings. The van der Waals surface area contributed by atoms with E-state index >= 15 is 0 Å². The van der Waals surface area contributed by atoms with E-state index in [4.69, 9.17) is 22.9 Å². The van der Waals surface area contributed by atoms with Crippen LogP contribution in [-0.4, -0.2) is 4.98 Å². The second-order valence-corrected chi connectivity index (χ2v) is 3.75. The van der Waals surface area contributed by atoms with Crippen LogP contribution in [0.2, 0.25) is 5.15 Å². The van der Waals surface area contributed by atoms with Crippen LogP contribution in [0.3, 0.4) is 0 Å². The molecule has 0 unspecified atom stereocenters. The van der Waals surface area contributed by atoms with Crippen LogP contribution in [0.25, 0.3) is 4.85 Å². The van der Waals surface area contributed by atoms with Crippen molar-refractivity contribution in [2.45, 2.75) is 6.61 Å². The Labute approximate surface area is 104 Å². The predicted octanol–water partition coefficient (Wildman–Crippen LogP) is 3.86. The van der Waals surface area contributed by atoms with Crippen molar-refractivity contribution in [2.75, 3.05) is 0 Å². The summed E-state index contributed by atoms with van der Waals surface area (Å²) >= 11 is 5.74. The van der Waals surface area contributed by atoms with Crippen molar-refractivity contribution in [1.82, 2.24) is 4.98 Å². The third kappa shape index (κ3) is 3.20. The molecule has 0 amide bonds. The van der Waals surface area contributed by atoms with E-state index in [-0.39, 0.29) is 0 Å². The first-order valence-electron chi connectivity index (χ1n) is 5.00. The lowest BCUT2D eigenvalue weighted by atomic mass is 10.2. The summed E-state index contributed by atoms with van der Waals surface area (Å²) in [6.07, 6.45) is 0. The Morgan fingerprint density at radius 3 is 2.59 bits per heavy atom. The zero-order chi connectivity index (χ0) is 12.1. The Hall–Kier alpha value is -2.05. The summed E-state index contributed by atoms with van der Waals surface area (Å²) in [6.45, 7) is 7.25. The van der Waals surface area contributed by atoms with Crippen LogP contribution in [0.5, 0.6) is 5.88 Å². The van der Waals surface area contributed by atoms with Gasteiger partial charge >= 0.3 is 0 Å². The fourth-order valence-electron chi connectivity index (χ4n) is 1.29. The quantitative estimate of drug-likeness (QED) is 0.605. The lowest BCUT2D eigenvalue weighted by Gasteiger charge is -2.05. The van der Waals surface area contributed by atoms with Gasteiger partial charge in [-0.05, 0) is 11.6 Å². The number of nitrogens with zero attached hydrogens (tertiary/aromatic N) is 2. The molecule has 0 N–H and O–H groups in total. The zero-order valence-corrected chi connectivity index (χ0v) is 9.69. The molecule has 0 spiro atoms. The van der Waals surface area contributed by atoms with Crippen molar-refractivity contribution in [1.29, 1.82) is 0 Å². The molecule has 0 aliphatic carbocycles. The Balaban J connectivity index is 2.00. The third-order valence-electron chi connectivity index (χ3n) is 2.14. The van der Waals surface area contributed by atoms with E-state index in [2.05, 4.69) is 9.83 Å². The molecule has 0 aliphatic heterocycles. The number of halogens is 1. The summed E-state index contributed by atoms with van der Waals surface area (Å²) in [4.78, 5) is 7.34. The first kappa shape index (κ1) is 11.4. The molecule has 84 valence electrons. The van der Waals surface area contributed by atoms with Gasteiger partial charge in [0.25, 0.3) is 0 Å². The van der Waals surface area contributed by atoms with Crippen LogP contribution >= 0.6 is 11.6 Å². The highest BCUT2D eigenvalue weighted by atomic mass is 35.5. The number of rotatable bonds is 3. The van der Waals surface area contributed by atoms with Crippen LogP contribution in [-0.2, 0) is 6.61 Å². The minimum atomic E-state index is 0.408. The Bertz CT molecular complexity index is 546. The number of pyridine rings is 1. The molecule has 17 heavy (non-hydrogen) atoms. The summed E-state index contributed by atoms with van der Waals surface area (Å²) in [5.41, 5.74) is 1.61. The normalized spacial score (nSPS) is 9.65. The van der Waals surface area contributed by atoms with Crippen LogP contribution in [0.15, 0.2) is 42.5 Å². The lowest BCUT2D eigenvalue weighted by Crippen LogP contribution is -1.96. The highest BCUT2D eigenvalue weighted by Gasteiger charge is 1.98. The van der Waals surface area contributed by atoms with Crippen LogP contribution < -0.4 is 4.74 Å². The van der Waals surface area contributed by atoms with Crippen LogP contribution in [0.1, 0.15) is 5.56 Å². The molecule has 2 aromatic rings. The van der Waals surface area contributed by atoms with Gasteiger partial charge in [-0.1, -0.05) is 41.9 Å². The molecular weight excluding hydrogens is 236 g/mol. The summed E-state index contributed by atoms with van der Waals surface area (Å²) in [7, 11) is 0. The maximum absolute atomic E-state index is 6.84. The molecular formula is C13H9ClN2O. The average Bonchev–Trinajstić information content (AvgIpc) is 2.37. The highest BCUT2D eigenvalue weighted by Crippen LogP contribution is 2.16. The molecule has 4 heteroatoms. The maximum Gasteiger partial charge on any atom is 0.214 e. The molecule has 2 rings (SSSR count). The van der Waals surface area contributed by atoms with E-state index in [9.17, 15) is 0 Å². The number of benzene rings is 1. The first-order valence-corrected chi connectivity index (χ1v) is 5.37. The molecule has 0 fully saturated rings. The van der Waals surface area contributed by atoms with E-state index in [0.717, 1.165) is 5.56 Å². The van der Waals surface area contributed by atoms with Crippen LogP contribution in [0.4, 0.5) is 5.69 Å². The van der Waals surface area contributed by atoms with E-state index in [1.807, 2.05) is 12.1 Å². The molecule has 1 heterocycles. The van der Waals surface area contributed by atoms with Gasteiger partial charge in [-0.3, -0.25) is 0 Å². The molecule has 0 saturated carbocycles. The molecule has 0 radical (unpaired) electrons. The lowest BCUT2D eigenvalue weighted by molar-refractivity contribution is 0.294. The maximum atomic E-state index is 6.84. The third-order valence-corrected chi connectivity index (χ3v) is 2.35. The van der Waals surface area contributed by atoms with Gasteiger partial charge in [0.1, 0.15) is 11.8 Å². The number of hydrogen-bond acceptors (Lipinski definition) is 2. The van der Waals surface area contributed by atoms with Gasteiger partial charge in [-0.15, -0.1) is 0 Å². The van der Waals surface area contributed by atoms with Gasteiger partial charge in [0.15, 0.2) is 5.69 Å². The molecule has 1 aromatic carbocycles. The number of ether oxygens (including phenoxy) is 1. The second-order valence-electron chi connectivity index (χ2n) is 3.37. The smallest absolute Gasteiger partial charge is 0.214 e. The minimum Gasteiger partial charge on any atom is -0.473 e. The summed E-state index contributed by atoms with van der Waals surface area (Å²) in [5.74, 6) is 0.492. The minimum absolute atomic E-state index is 0.408. The fourth-order valence-corrected chi connectivity index (χ4v) is 1.45. The van der Waals surface area contributed by atoms with Gasteiger partial charge in [0, 0.05) is 6.07 Å². The van der Waals surface area contributed by atoms with Crippen molar-refractivity contribution >= 4 is 17.3 Å². The van der Waals surface area contributed by atoms with E-state index in [1.165, 1.54) is 0 Å². The standard InChI is InChI=1S/C13H9ClN2O/c1-15-11-7-5-10(6-8-11)9-17-13-4-2-3-12(14)16-13/h2-8H,9H2. The molecule has 3 nitrogen and oxygen atoms in total. The number of hydrogen-bond donors (Lipinski definition) is 0. The van der Waals surface area contributed by atoms with Crippen molar-refractivity contribution in [3.05, 3.63) is 64.6 Å². The average molecular weight is 245 g/mol. The summed E-state index contributed by atoms with van der Waals surface area (Å²) in [5, 5.41) is 0.408. The highest BCUT2D eigenvalue weighted by molar-refractivity contribution is 6.29. The Kier molecular flexibility index (Phi) is 3.59. The Morgan fingerprint density at radius 2 is 1.94 bits per heavy atom. The summed E-state index contributed by atoms with van der Waals surface area (Å²) < 4.78 is 5.47. The van der Waals surface area contributed by atoms with Gasteiger partial charge < -0.3 is 4.74 Å². The van der Waals surface area contributed by atoms with Gasteiger partial charge in [-0.25, -0.2) is 9.83 Å². The largest absolute Gasteiger partial charge is 0.473 e. The molecule has 0 bridgehead atoms. The molecule has 1 aromatic heterocycles. The molecule has 0 saturated heterocycles. The van der Waals surface area contributed by atoms with Crippen molar-refractivity contribution < 1.29 is 4.74 Å². The number of aromatic nitrogens is 1. The Morgan fingerprint density at radius 1 is 1.18 bits per heavy atom. The fraction of sp³-hybridized carbons (Fsp3) is 0.0769. The van der Waals surface area contributed by atoms with E-state index in [0.29, 0.717) is 23.3 Å². The van der Waals surface area contributed by atoms with E-state index in [1.54, 1.807) is 30.3 Å². The van der Waals surface area contributed by atoms with Gasteiger partial charge in [-0.2, -0.15) is 0 Å². The SMILES string of the molecule is [C-]#[N+]c1ccc(COc2cccc(Cl)n2)cc1.